The molecule has 2 N–H and O–H groups in total. The van der Waals surface area contributed by atoms with Gasteiger partial charge in [-0.2, -0.15) is 5.10 Å². The van der Waals surface area contributed by atoms with E-state index in [0.29, 0.717) is 18.7 Å². The third-order valence-electron chi connectivity index (χ3n) is 3.01. The number of nitrogens with one attached hydrogen (secondary N) is 2. The van der Waals surface area contributed by atoms with Crippen LogP contribution in [0.2, 0.25) is 0 Å². The molecule has 0 radical (unpaired) electrons. The maximum Gasteiger partial charge on any atom is 0.251 e. The summed E-state index contributed by atoms with van der Waals surface area (Å²) in [5.74, 6) is -0.447. The van der Waals surface area contributed by atoms with Crippen molar-refractivity contribution in [1.29, 1.82) is 0 Å². The fourth-order valence-corrected chi connectivity index (χ4v) is 1.85. The fraction of sp³-hybridized carbons (Fsp3) is 0.333. The van der Waals surface area contributed by atoms with E-state index in [1.807, 2.05) is 19.1 Å². The van der Waals surface area contributed by atoms with Gasteiger partial charge in [0.05, 0.1) is 13.1 Å². The molecule has 0 spiro atoms. The molecule has 0 aliphatic rings. The van der Waals surface area contributed by atoms with Crippen molar-refractivity contribution in [3.8, 4) is 0 Å². The topological polar surface area (TPSA) is 88.9 Å². The molecule has 22 heavy (non-hydrogen) atoms. The molecule has 1 aromatic carbocycles. The number of nitrogens with zero attached hydrogens (tertiary/aromatic N) is 3. The predicted octanol–water partition coefficient (Wildman–Crippen LogP) is 0.582. The summed E-state index contributed by atoms with van der Waals surface area (Å²) >= 11 is 0. The Hall–Kier alpha value is -2.70. The summed E-state index contributed by atoms with van der Waals surface area (Å²) in [4.78, 5) is 27.2. The van der Waals surface area contributed by atoms with Gasteiger partial charge in [0.2, 0.25) is 5.91 Å². The van der Waals surface area contributed by atoms with E-state index >= 15 is 0 Å². The van der Waals surface area contributed by atoms with E-state index in [2.05, 4.69) is 20.7 Å². The van der Waals surface area contributed by atoms with E-state index in [4.69, 9.17) is 0 Å². The average molecular weight is 301 g/mol. The second kappa shape index (κ2) is 7.92. The third-order valence-corrected chi connectivity index (χ3v) is 3.01. The minimum atomic E-state index is -0.265. The molecule has 2 rings (SSSR count). The van der Waals surface area contributed by atoms with Crippen LogP contribution < -0.4 is 10.6 Å². The van der Waals surface area contributed by atoms with Crippen molar-refractivity contribution < 1.29 is 9.59 Å². The van der Waals surface area contributed by atoms with Crippen molar-refractivity contribution >= 4 is 11.8 Å². The summed E-state index contributed by atoms with van der Waals surface area (Å²) < 4.78 is 1.70. The lowest BCUT2D eigenvalue weighted by molar-refractivity contribution is -0.120. The van der Waals surface area contributed by atoms with Crippen LogP contribution >= 0.6 is 0 Å². The predicted molar refractivity (Wildman–Crippen MR) is 81.2 cm³/mol. The van der Waals surface area contributed by atoms with Crippen LogP contribution in [-0.4, -0.2) is 39.7 Å². The van der Waals surface area contributed by atoms with Gasteiger partial charge >= 0.3 is 0 Å². The van der Waals surface area contributed by atoms with Crippen LogP contribution in [0.15, 0.2) is 36.9 Å². The van der Waals surface area contributed by atoms with E-state index in [9.17, 15) is 9.59 Å². The minimum absolute atomic E-state index is 0.0143. The number of benzene rings is 1. The summed E-state index contributed by atoms with van der Waals surface area (Å²) in [5, 5.41) is 9.32. The highest BCUT2D eigenvalue weighted by Gasteiger charge is 2.07. The molecule has 2 amide bonds. The van der Waals surface area contributed by atoms with E-state index in [-0.39, 0.29) is 18.4 Å². The first-order chi connectivity index (χ1) is 10.7. The Kier molecular flexibility index (Phi) is 5.65. The third kappa shape index (κ3) is 4.69. The van der Waals surface area contributed by atoms with Crippen molar-refractivity contribution in [3.63, 3.8) is 0 Å². The Morgan fingerprint density at radius 3 is 2.59 bits per heavy atom. The van der Waals surface area contributed by atoms with Crippen LogP contribution in [0.3, 0.4) is 0 Å². The summed E-state index contributed by atoms with van der Waals surface area (Å²) in [6.07, 6.45) is 3.98. The zero-order chi connectivity index (χ0) is 15.8. The molecular weight excluding hydrogens is 282 g/mol. The van der Waals surface area contributed by atoms with E-state index in [1.54, 1.807) is 23.1 Å². The van der Waals surface area contributed by atoms with E-state index in [0.717, 1.165) is 12.0 Å². The first-order valence-corrected chi connectivity index (χ1v) is 7.15. The smallest absolute Gasteiger partial charge is 0.251 e. The highest BCUT2D eigenvalue weighted by molar-refractivity contribution is 5.96. The van der Waals surface area contributed by atoms with Crippen molar-refractivity contribution in [2.24, 2.45) is 0 Å². The molecule has 0 atom stereocenters. The lowest BCUT2D eigenvalue weighted by Gasteiger charge is -2.07. The van der Waals surface area contributed by atoms with Crippen molar-refractivity contribution in [2.45, 2.75) is 19.9 Å². The molecule has 0 unspecified atom stereocenters. The molecule has 1 heterocycles. The maximum absolute atomic E-state index is 11.9. The number of carbonyl (C=O) groups excluding carboxylic acids is 2. The number of rotatable bonds is 7. The summed E-state index contributed by atoms with van der Waals surface area (Å²) in [6, 6.07) is 7.17. The summed E-state index contributed by atoms with van der Waals surface area (Å²) in [7, 11) is 0. The van der Waals surface area contributed by atoms with Gasteiger partial charge in [0, 0.05) is 12.1 Å². The molecule has 0 aliphatic carbocycles. The molecule has 0 saturated heterocycles. The molecule has 2 aromatic rings. The van der Waals surface area contributed by atoms with Gasteiger partial charge < -0.3 is 10.6 Å². The minimum Gasteiger partial charge on any atom is -0.355 e. The van der Waals surface area contributed by atoms with Crippen molar-refractivity contribution in [2.75, 3.05) is 13.1 Å². The van der Waals surface area contributed by atoms with Crippen LogP contribution in [0.5, 0.6) is 0 Å². The highest BCUT2D eigenvalue weighted by atomic mass is 16.2. The van der Waals surface area contributed by atoms with Crippen LogP contribution in [0.4, 0.5) is 0 Å². The number of hydrogen-bond donors (Lipinski definition) is 2. The second-order valence-corrected chi connectivity index (χ2v) is 4.82. The largest absolute Gasteiger partial charge is 0.355 e. The lowest BCUT2D eigenvalue weighted by atomic mass is 10.1. The van der Waals surface area contributed by atoms with Crippen molar-refractivity contribution in [1.82, 2.24) is 25.4 Å². The summed E-state index contributed by atoms with van der Waals surface area (Å²) in [5.41, 5.74) is 1.54. The molecule has 1 aromatic heterocycles. The van der Waals surface area contributed by atoms with Crippen LogP contribution in [-0.2, 0) is 11.3 Å². The number of aromatic nitrogens is 3. The molecule has 7 nitrogen and oxygen atoms in total. The lowest BCUT2D eigenvalue weighted by Crippen LogP contribution is -2.37. The number of hydrogen-bond acceptors (Lipinski definition) is 4. The van der Waals surface area contributed by atoms with Crippen LogP contribution in [0.25, 0.3) is 0 Å². The highest BCUT2D eigenvalue weighted by Crippen LogP contribution is 2.05. The number of amides is 2. The SMILES string of the molecule is CCCNC(=O)CNC(=O)c1ccc(Cn2cncn2)cc1. The number of carbonyl (C=O) groups is 2. The van der Waals surface area contributed by atoms with Gasteiger partial charge in [0.1, 0.15) is 12.7 Å². The van der Waals surface area contributed by atoms with Gasteiger partial charge in [0.25, 0.3) is 5.91 Å². The Bertz CT molecular complexity index is 607. The van der Waals surface area contributed by atoms with Gasteiger partial charge in [-0.15, -0.1) is 0 Å². The normalized spacial score (nSPS) is 10.2. The molecule has 0 aliphatic heterocycles. The molecule has 0 bridgehead atoms. The monoisotopic (exact) mass is 301 g/mol. The Morgan fingerprint density at radius 1 is 1.18 bits per heavy atom. The Labute approximate surface area is 128 Å². The zero-order valence-electron chi connectivity index (χ0n) is 12.5. The van der Waals surface area contributed by atoms with E-state index < -0.39 is 0 Å². The Balaban J connectivity index is 1.84. The first-order valence-electron chi connectivity index (χ1n) is 7.15. The van der Waals surface area contributed by atoms with Crippen molar-refractivity contribution in [3.05, 3.63) is 48.0 Å². The van der Waals surface area contributed by atoms with Gasteiger partial charge in [-0.1, -0.05) is 19.1 Å². The Morgan fingerprint density at radius 2 is 1.95 bits per heavy atom. The average Bonchev–Trinajstić information content (AvgIpc) is 3.04. The van der Waals surface area contributed by atoms with E-state index in [1.165, 1.54) is 6.33 Å². The van der Waals surface area contributed by atoms with Gasteiger partial charge in [-0.3, -0.25) is 9.59 Å². The molecule has 0 saturated carbocycles. The first kappa shape index (κ1) is 15.7. The van der Waals surface area contributed by atoms with Gasteiger partial charge in [-0.25, -0.2) is 9.67 Å². The van der Waals surface area contributed by atoms with Gasteiger partial charge in [-0.05, 0) is 24.1 Å². The van der Waals surface area contributed by atoms with Crippen LogP contribution in [0.1, 0.15) is 29.3 Å². The van der Waals surface area contributed by atoms with Gasteiger partial charge in [0.15, 0.2) is 0 Å². The molecular formula is C15H19N5O2. The summed E-state index contributed by atoms with van der Waals surface area (Å²) in [6.45, 7) is 3.17. The van der Waals surface area contributed by atoms with Crippen LogP contribution in [0, 0.1) is 0 Å². The quantitative estimate of drug-likeness (QED) is 0.783. The molecule has 0 fully saturated rings. The second-order valence-electron chi connectivity index (χ2n) is 4.82. The molecule has 7 heteroatoms. The zero-order valence-corrected chi connectivity index (χ0v) is 12.5. The molecule has 116 valence electrons. The fourth-order valence-electron chi connectivity index (χ4n) is 1.85. The maximum atomic E-state index is 11.9. The standard InChI is InChI=1S/C15H19N5O2/c1-2-7-17-14(21)8-18-15(22)13-5-3-12(4-6-13)9-20-11-16-10-19-20/h3-6,10-11H,2,7-9H2,1H3,(H,17,21)(H,18,22).